The van der Waals surface area contributed by atoms with Gasteiger partial charge < -0.3 is 10.5 Å². The predicted octanol–water partition coefficient (Wildman–Crippen LogP) is 2.32. The quantitative estimate of drug-likeness (QED) is 0.892. The van der Waals surface area contributed by atoms with Crippen molar-refractivity contribution in [3.05, 3.63) is 41.2 Å². The highest BCUT2D eigenvalue weighted by Gasteiger charge is 2.09. The van der Waals surface area contributed by atoms with Crippen LogP contribution in [0.1, 0.15) is 5.56 Å². The maximum atomic E-state index is 6.06. The minimum atomic E-state index is 0.385. The van der Waals surface area contributed by atoms with E-state index >= 15 is 0 Å². The van der Waals surface area contributed by atoms with Gasteiger partial charge in [0.2, 0.25) is 0 Å². The number of benzene rings is 1. The summed E-state index contributed by atoms with van der Waals surface area (Å²) in [5, 5.41) is 4.56. The summed E-state index contributed by atoms with van der Waals surface area (Å²) in [4.78, 5) is 0. The zero-order chi connectivity index (χ0) is 11.5. The lowest BCUT2D eigenvalue weighted by molar-refractivity contribution is 0.476. The zero-order valence-corrected chi connectivity index (χ0v) is 9.61. The van der Waals surface area contributed by atoms with Crippen LogP contribution < -0.4 is 10.5 Å². The van der Waals surface area contributed by atoms with Gasteiger partial charge in [-0.05, 0) is 6.07 Å². The van der Waals surface area contributed by atoms with Gasteiger partial charge in [0.25, 0.3) is 0 Å². The molecule has 1 aromatic carbocycles. The van der Waals surface area contributed by atoms with Gasteiger partial charge >= 0.3 is 0 Å². The number of hydrogen-bond donors (Lipinski definition) is 1. The van der Waals surface area contributed by atoms with Crippen LogP contribution in [0.25, 0.3) is 0 Å². The molecule has 0 aliphatic carbocycles. The highest BCUT2D eigenvalue weighted by molar-refractivity contribution is 6.32. The van der Waals surface area contributed by atoms with E-state index in [0.717, 1.165) is 5.56 Å². The molecular formula is C11H12ClN3O. The standard InChI is InChI=1S/C11H12ClN3O/c1-15-7-9(6-14-15)16-11-8(5-13)3-2-4-10(11)12/h2-4,6-7H,5,13H2,1H3. The molecule has 0 saturated carbocycles. The Morgan fingerprint density at radius 2 is 2.31 bits per heavy atom. The number of rotatable bonds is 3. The van der Waals surface area contributed by atoms with Crippen molar-refractivity contribution in [3.63, 3.8) is 0 Å². The molecule has 4 nitrogen and oxygen atoms in total. The van der Waals surface area contributed by atoms with Crippen molar-refractivity contribution in [2.24, 2.45) is 12.8 Å². The molecule has 0 radical (unpaired) electrons. The van der Waals surface area contributed by atoms with Crippen molar-refractivity contribution in [2.45, 2.75) is 6.54 Å². The molecule has 0 fully saturated rings. The Labute approximate surface area is 98.6 Å². The third kappa shape index (κ3) is 2.18. The van der Waals surface area contributed by atoms with Gasteiger partial charge in [-0.1, -0.05) is 23.7 Å². The van der Waals surface area contributed by atoms with E-state index < -0.39 is 0 Å². The number of hydrogen-bond acceptors (Lipinski definition) is 3. The normalized spacial score (nSPS) is 10.4. The molecular weight excluding hydrogens is 226 g/mol. The number of para-hydroxylation sites is 1. The Bertz CT molecular complexity index is 496. The van der Waals surface area contributed by atoms with Crippen LogP contribution in [0.3, 0.4) is 0 Å². The van der Waals surface area contributed by atoms with Gasteiger partial charge in [-0.2, -0.15) is 5.10 Å². The van der Waals surface area contributed by atoms with Crippen LogP contribution in [0.2, 0.25) is 5.02 Å². The number of nitrogens with zero attached hydrogens (tertiary/aromatic N) is 2. The number of halogens is 1. The third-order valence-corrected chi connectivity index (χ3v) is 2.47. The average molecular weight is 238 g/mol. The van der Waals surface area contributed by atoms with Crippen LogP contribution in [-0.2, 0) is 13.6 Å². The van der Waals surface area contributed by atoms with Gasteiger partial charge in [0.15, 0.2) is 11.5 Å². The molecule has 2 N–H and O–H groups in total. The Morgan fingerprint density at radius 1 is 1.50 bits per heavy atom. The van der Waals surface area contributed by atoms with Gasteiger partial charge in [0, 0.05) is 19.2 Å². The summed E-state index contributed by atoms with van der Waals surface area (Å²) in [6.07, 6.45) is 3.40. The smallest absolute Gasteiger partial charge is 0.165 e. The van der Waals surface area contributed by atoms with Crippen molar-refractivity contribution >= 4 is 11.6 Å². The summed E-state index contributed by atoms with van der Waals surface area (Å²) in [7, 11) is 1.82. The first-order valence-electron chi connectivity index (χ1n) is 4.84. The maximum Gasteiger partial charge on any atom is 0.165 e. The summed E-state index contributed by atoms with van der Waals surface area (Å²) in [5.41, 5.74) is 6.49. The van der Waals surface area contributed by atoms with Crippen LogP contribution in [0, 0.1) is 0 Å². The van der Waals surface area contributed by atoms with Gasteiger partial charge in [-0.15, -0.1) is 0 Å². The molecule has 0 unspecified atom stereocenters. The zero-order valence-electron chi connectivity index (χ0n) is 8.85. The van der Waals surface area contributed by atoms with Crippen LogP contribution in [0.4, 0.5) is 0 Å². The second kappa shape index (κ2) is 4.55. The van der Waals surface area contributed by atoms with Crippen molar-refractivity contribution in [2.75, 3.05) is 0 Å². The first-order valence-corrected chi connectivity index (χ1v) is 5.22. The highest BCUT2D eigenvalue weighted by atomic mass is 35.5. The minimum Gasteiger partial charge on any atom is -0.452 e. The van der Waals surface area contributed by atoms with E-state index in [1.165, 1.54) is 0 Å². The molecule has 0 saturated heterocycles. The lowest BCUT2D eigenvalue weighted by Gasteiger charge is -2.09. The lowest BCUT2D eigenvalue weighted by Crippen LogP contribution is -1.99. The molecule has 16 heavy (non-hydrogen) atoms. The monoisotopic (exact) mass is 237 g/mol. The summed E-state index contributed by atoms with van der Waals surface area (Å²) in [5.74, 6) is 1.24. The summed E-state index contributed by atoms with van der Waals surface area (Å²) < 4.78 is 7.32. The van der Waals surface area contributed by atoms with E-state index in [9.17, 15) is 0 Å². The molecule has 5 heteroatoms. The molecule has 0 amide bonds. The Kier molecular flexibility index (Phi) is 3.12. The van der Waals surface area contributed by atoms with Crippen molar-refractivity contribution in [1.29, 1.82) is 0 Å². The summed E-state index contributed by atoms with van der Waals surface area (Å²) >= 11 is 6.06. The Balaban J connectivity index is 2.33. The number of ether oxygens (including phenoxy) is 1. The maximum absolute atomic E-state index is 6.06. The van der Waals surface area contributed by atoms with Crippen LogP contribution >= 0.6 is 11.6 Å². The molecule has 1 heterocycles. The average Bonchev–Trinajstić information content (AvgIpc) is 2.67. The van der Waals surface area contributed by atoms with Gasteiger partial charge in [-0.25, -0.2) is 0 Å². The molecule has 2 aromatic rings. The minimum absolute atomic E-state index is 0.385. The second-order valence-electron chi connectivity index (χ2n) is 3.38. The van der Waals surface area contributed by atoms with E-state index in [0.29, 0.717) is 23.1 Å². The first-order chi connectivity index (χ1) is 7.70. The third-order valence-electron chi connectivity index (χ3n) is 2.17. The highest BCUT2D eigenvalue weighted by Crippen LogP contribution is 2.32. The Hall–Kier alpha value is -1.52. The molecule has 84 valence electrons. The van der Waals surface area contributed by atoms with Gasteiger partial charge in [0.05, 0.1) is 17.4 Å². The van der Waals surface area contributed by atoms with Crippen LogP contribution in [0.15, 0.2) is 30.6 Å². The molecule has 1 aromatic heterocycles. The summed E-state index contributed by atoms with van der Waals surface area (Å²) in [6.45, 7) is 0.385. The lowest BCUT2D eigenvalue weighted by atomic mass is 10.2. The van der Waals surface area contributed by atoms with Gasteiger partial charge in [0.1, 0.15) is 0 Å². The fourth-order valence-corrected chi connectivity index (χ4v) is 1.63. The first kappa shape index (κ1) is 11.0. The topological polar surface area (TPSA) is 53.1 Å². The largest absolute Gasteiger partial charge is 0.452 e. The van der Waals surface area contributed by atoms with Crippen LogP contribution in [-0.4, -0.2) is 9.78 Å². The van der Waals surface area contributed by atoms with E-state index in [4.69, 9.17) is 22.1 Å². The molecule has 0 aliphatic heterocycles. The SMILES string of the molecule is Cn1cc(Oc2c(Cl)cccc2CN)cn1. The fraction of sp³-hybridized carbons (Fsp3) is 0.182. The Morgan fingerprint density at radius 3 is 2.94 bits per heavy atom. The van der Waals surface area contributed by atoms with Crippen molar-refractivity contribution < 1.29 is 4.74 Å². The van der Waals surface area contributed by atoms with E-state index in [1.807, 2.05) is 19.2 Å². The molecule has 2 rings (SSSR count). The van der Waals surface area contributed by atoms with Gasteiger partial charge in [-0.3, -0.25) is 4.68 Å². The second-order valence-corrected chi connectivity index (χ2v) is 3.79. The van der Waals surface area contributed by atoms with Crippen molar-refractivity contribution in [3.8, 4) is 11.5 Å². The molecule has 0 aliphatic rings. The number of nitrogens with two attached hydrogens (primary N) is 1. The predicted molar refractivity (Wildman–Crippen MR) is 62.6 cm³/mol. The molecule has 0 atom stereocenters. The molecule has 0 spiro atoms. The van der Waals surface area contributed by atoms with Crippen LogP contribution in [0.5, 0.6) is 11.5 Å². The summed E-state index contributed by atoms with van der Waals surface area (Å²) in [6, 6.07) is 5.50. The number of aromatic nitrogens is 2. The van der Waals surface area contributed by atoms with E-state index in [-0.39, 0.29) is 0 Å². The fourth-order valence-electron chi connectivity index (χ4n) is 1.40. The number of aryl methyl sites for hydroxylation is 1. The van der Waals surface area contributed by atoms with E-state index in [1.54, 1.807) is 23.1 Å². The van der Waals surface area contributed by atoms with Crippen molar-refractivity contribution in [1.82, 2.24) is 9.78 Å². The van der Waals surface area contributed by atoms with E-state index in [2.05, 4.69) is 5.10 Å². The molecule has 0 bridgehead atoms.